The van der Waals surface area contributed by atoms with E-state index < -0.39 is 0 Å². The van der Waals surface area contributed by atoms with Gasteiger partial charge in [0.2, 0.25) is 0 Å². The van der Waals surface area contributed by atoms with Gasteiger partial charge >= 0.3 is 6.15 Å². The van der Waals surface area contributed by atoms with Crippen LogP contribution in [-0.4, -0.2) is 24.0 Å². The van der Waals surface area contributed by atoms with Crippen LogP contribution < -0.4 is 4.74 Å². The molecule has 0 unspecified atom stereocenters. The zero-order valence-corrected chi connectivity index (χ0v) is 11.8. The van der Waals surface area contributed by atoms with E-state index in [1.807, 2.05) is 31.2 Å². The largest absolute Gasteiger partial charge is 0.491 e. The number of aryl methyl sites for hydroxylation is 1. The highest BCUT2D eigenvalue weighted by Gasteiger charge is 2.06. The highest BCUT2D eigenvalue weighted by molar-refractivity contribution is 5.26. The zero-order chi connectivity index (χ0) is 14.7. The number of benzene rings is 1. The summed E-state index contributed by atoms with van der Waals surface area (Å²) in [6.07, 6.45) is 1.74. The second-order valence-corrected chi connectivity index (χ2v) is 4.83. The molecular weight excluding hydrogens is 244 g/mol. The highest BCUT2D eigenvalue weighted by Crippen LogP contribution is 2.13. The maximum Gasteiger partial charge on any atom is 0.373 e. The van der Waals surface area contributed by atoms with Crippen molar-refractivity contribution in [2.75, 3.05) is 6.61 Å². The van der Waals surface area contributed by atoms with E-state index in [9.17, 15) is 5.11 Å². The Bertz CT molecular complexity index is 364. The first kappa shape index (κ1) is 17.4. The molecule has 0 aliphatic rings. The molecule has 1 aromatic rings. The first-order chi connectivity index (χ1) is 8.99. The van der Waals surface area contributed by atoms with E-state index >= 15 is 0 Å². The monoisotopic (exact) mass is 266 g/mol. The normalized spacial score (nSPS) is 11.2. The van der Waals surface area contributed by atoms with E-state index in [2.05, 4.69) is 13.8 Å². The molecule has 0 fully saturated rings. The Morgan fingerprint density at radius 2 is 1.68 bits per heavy atom. The molecule has 0 bridgehead atoms. The van der Waals surface area contributed by atoms with Gasteiger partial charge in [0, 0.05) is 0 Å². The Balaban J connectivity index is 0.000000982. The third-order valence-electron chi connectivity index (χ3n) is 2.54. The van der Waals surface area contributed by atoms with Gasteiger partial charge in [-0.1, -0.05) is 31.5 Å². The quantitative estimate of drug-likeness (QED) is 0.859. The smallest absolute Gasteiger partial charge is 0.373 e. The average molecular weight is 266 g/mol. The van der Waals surface area contributed by atoms with Crippen molar-refractivity contribution in [2.45, 2.75) is 39.7 Å². The van der Waals surface area contributed by atoms with Crippen molar-refractivity contribution >= 4 is 6.15 Å². The molecule has 106 valence electrons. The summed E-state index contributed by atoms with van der Waals surface area (Å²) in [4.78, 5) is 16.2. The molecular formula is C15H22O4. The topological polar surface area (TPSA) is 63.6 Å². The Morgan fingerprint density at radius 3 is 2.16 bits per heavy atom. The lowest BCUT2D eigenvalue weighted by atomic mass is 10.1. The number of aliphatic hydroxyl groups excluding tert-OH is 1. The van der Waals surface area contributed by atoms with Gasteiger partial charge in [-0.3, -0.25) is 0 Å². The minimum Gasteiger partial charge on any atom is -0.491 e. The van der Waals surface area contributed by atoms with Crippen LogP contribution in [-0.2, 0) is 9.59 Å². The summed E-state index contributed by atoms with van der Waals surface area (Å²) < 4.78 is 5.51. The van der Waals surface area contributed by atoms with Gasteiger partial charge in [0.1, 0.15) is 12.4 Å². The Labute approximate surface area is 114 Å². The van der Waals surface area contributed by atoms with Crippen molar-refractivity contribution in [3.05, 3.63) is 29.8 Å². The van der Waals surface area contributed by atoms with Crippen LogP contribution in [0.25, 0.3) is 0 Å². The third kappa shape index (κ3) is 10.0. The summed E-state index contributed by atoms with van der Waals surface area (Å²) in [5, 5.41) is 9.69. The summed E-state index contributed by atoms with van der Waals surface area (Å²) in [6.45, 7) is 6.75. The van der Waals surface area contributed by atoms with Crippen LogP contribution in [0.4, 0.5) is 0 Å². The van der Waals surface area contributed by atoms with Crippen molar-refractivity contribution in [1.29, 1.82) is 0 Å². The minimum absolute atomic E-state index is 0.250. The van der Waals surface area contributed by atoms with E-state index in [4.69, 9.17) is 14.3 Å². The van der Waals surface area contributed by atoms with Crippen LogP contribution in [0.5, 0.6) is 5.75 Å². The van der Waals surface area contributed by atoms with Gasteiger partial charge in [0.05, 0.1) is 6.10 Å². The second kappa shape index (κ2) is 10.3. The second-order valence-electron chi connectivity index (χ2n) is 4.83. The summed E-state index contributed by atoms with van der Waals surface area (Å²) in [7, 11) is 0. The molecule has 1 atom stereocenters. The van der Waals surface area contributed by atoms with E-state index in [0.29, 0.717) is 12.5 Å². The molecule has 0 aromatic heterocycles. The number of hydrogen-bond donors (Lipinski definition) is 1. The molecule has 1 aromatic carbocycles. The van der Waals surface area contributed by atoms with E-state index in [1.165, 1.54) is 5.56 Å². The highest BCUT2D eigenvalue weighted by atomic mass is 16.5. The lowest BCUT2D eigenvalue weighted by Crippen LogP contribution is -2.18. The Morgan fingerprint density at radius 1 is 1.16 bits per heavy atom. The van der Waals surface area contributed by atoms with Crippen molar-refractivity contribution < 1.29 is 19.4 Å². The summed E-state index contributed by atoms with van der Waals surface area (Å²) in [5.41, 5.74) is 1.22. The number of carbonyl (C=O) groups excluding carboxylic acids is 2. The van der Waals surface area contributed by atoms with Crippen LogP contribution in [0.2, 0.25) is 0 Å². The summed E-state index contributed by atoms with van der Waals surface area (Å²) >= 11 is 0. The lowest BCUT2D eigenvalue weighted by molar-refractivity contribution is -0.191. The molecule has 1 rings (SSSR count). The maximum absolute atomic E-state index is 9.69. The Hall–Kier alpha value is -1.64. The SMILES string of the molecule is Cc1ccc(OC[C@H](O)CCC(C)C)cc1.O=C=O. The number of rotatable bonds is 6. The van der Waals surface area contributed by atoms with Gasteiger partial charge in [-0.15, -0.1) is 0 Å². The van der Waals surface area contributed by atoms with Crippen LogP contribution in [0.15, 0.2) is 24.3 Å². The molecule has 0 heterocycles. The molecule has 0 spiro atoms. The van der Waals surface area contributed by atoms with E-state index in [1.54, 1.807) is 0 Å². The number of ether oxygens (including phenoxy) is 1. The molecule has 1 N–H and O–H groups in total. The summed E-state index contributed by atoms with van der Waals surface area (Å²) in [5.74, 6) is 1.46. The van der Waals surface area contributed by atoms with Gasteiger partial charge in [-0.05, 0) is 37.8 Å². The van der Waals surface area contributed by atoms with Crippen LogP contribution in [0, 0.1) is 12.8 Å². The minimum atomic E-state index is -0.358. The van der Waals surface area contributed by atoms with Crippen molar-refractivity contribution in [3.63, 3.8) is 0 Å². The number of hydrogen-bond acceptors (Lipinski definition) is 4. The summed E-state index contributed by atoms with van der Waals surface area (Å²) in [6, 6.07) is 7.89. The van der Waals surface area contributed by atoms with Gasteiger partial charge < -0.3 is 9.84 Å². The third-order valence-corrected chi connectivity index (χ3v) is 2.54. The molecule has 4 heteroatoms. The lowest BCUT2D eigenvalue weighted by Gasteiger charge is -2.13. The van der Waals surface area contributed by atoms with Crippen LogP contribution in [0.1, 0.15) is 32.3 Å². The fourth-order valence-corrected chi connectivity index (χ4v) is 1.44. The van der Waals surface area contributed by atoms with Gasteiger partial charge in [0.15, 0.2) is 0 Å². The molecule has 0 saturated heterocycles. The maximum atomic E-state index is 9.69. The number of aliphatic hydroxyl groups is 1. The van der Waals surface area contributed by atoms with Crippen molar-refractivity contribution in [2.24, 2.45) is 5.92 Å². The van der Waals surface area contributed by atoms with Crippen molar-refractivity contribution in [3.8, 4) is 5.75 Å². The van der Waals surface area contributed by atoms with Gasteiger partial charge in [-0.25, -0.2) is 0 Å². The first-order valence-corrected chi connectivity index (χ1v) is 6.36. The fraction of sp³-hybridized carbons (Fsp3) is 0.533. The fourth-order valence-electron chi connectivity index (χ4n) is 1.44. The molecule has 0 amide bonds. The molecule has 4 nitrogen and oxygen atoms in total. The molecule has 0 aliphatic heterocycles. The van der Waals surface area contributed by atoms with E-state index in [0.717, 1.165) is 18.6 Å². The van der Waals surface area contributed by atoms with Gasteiger partial charge in [0.25, 0.3) is 0 Å². The van der Waals surface area contributed by atoms with Crippen LogP contribution in [0.3, 0.4) is 0 Å². The predicted octanol–water partition coefficient (Wildman–Crippen LogP) is 2.59. The zero-order valence-electron chi connectivity index (χ0n) is 11.8. The van der Waals surface area contributed by atoms with Crippen molar-refractivity contribution in [1.82, 2.24) is 0 Å². The Kier molecular flexibility index (Phi) is 9.41. The first-order valence-electron chi connectivity index (χ1n) is 6.36. The standard InChI is InChI=1S/C14H22O2.CO2/c1-11(2)4-7-13(15)10-16-14-8-5-12(3)6-9-14;2-1-3/h5-6,8-9,11,13,15H,4,7,10H2,1-3H3;/t13-;/m1./s1. The van der Waals surface area contributed by atoms with Gasteiger partial charge in [-0.2, -0.15) is 9.59 Å². The molecule has 0 aliphatic carbocycles. The predicted molar refractivity (Wildman–Crippen MR) is 71.8 cm³/mol. The molecule has 0 saturated carbocycles. The van der Waals surface area contributed by atoms with E-state index in [-0.39, 0.29) is 12.3 Å². The molecule has 0 radical (unpaired) electrons. The van der Waals surface area contributed by atoms with Crippen LogP contribution >= 0.6 is 0 Å². The molecule has 19 heavy (non-hydrogen) atoms. The average Bonchev–Trinajstić information content (AvgIpc) is 2.36.